The summed E-state index contributed by atoms with van der Waals surface area (Å²) in [6.07, 6.45) is -0.772. The number of carbonyl (C=O) groups is 3. The van der Waals surface area contributed by atoms with Gasteiger partial charge in [-0.25, -0.2) is 4.79 Å². The lowest BCUT2D eigenvalue weighted by Crippen LogP contribution is -2.53. The van der Waals surface area contributed by atoms with E-state index < -0.39 is 29.4 Å². The van der Waals surface area contributed by atoms with Gasteiger partial charge in [-0.15, -0.1) is 0 Å². The molecule has 3 aromatic rings. The Morgan fingerprint density at radius 3 is 2.10 bits per heavy atom. The van der Waals surface area contributed by atoms with Gasteiger partial charge in [-0.3, -0.25) is 14.5 Å². The van der Waals surface area contributed by atoms with Gasteiger partial charge in [-0.2, -0.15) is 0 Å². The second-order valence-electron chi connectivity index (χ2n) is 11.2. The first kappa shape index (κ1) is 28.8. The molecule has 0 heterocycles. The molecule has 2 amide bonds. The van der Waals surface area contributed by atoms with E-state index in [1.165, 1.54) is 0 Å². The normalized spacial score (nSPS) is 13.3. The van der Waals surface area contributed by atoms with Crippen LogP contribution >= 0.6 is 0 Å². The summed E-state index contributed by atoms with van der Waals surface area (Å²) in [6, 6.07) is 25.1. The van der Waals surface area contributed by atoms with E-state index in [4.69, 9.17) is 4.74 Å². The number of benzene rings is 3. The van der Waals surface area contributed by atoms with Gasteiger partial charge < -0.3 is 20.5 Å². The lowest BCUT2D eigenvalue weighted by Gasteiger charge is -2.27. The SMILES string of the molecule is CN(Cc1ccccc1)CC(NC(=O)OCC1c2ccccc2-c2ccccc21)C(=O)NCC(C)(C)CC(=O)O. The standard InChI is InChI=1S/C32H37N3O5/c1-32(2,17-29(36)37)21-33-30(38)28(19-35(3)18-22-11-5-4-6-12-22)34-31(39)40-20-27-25-15-9-7-13-23(25)24-14-8-10-16-26(24)27/h4-16,27-28H,17-21H2,1-3H3,(H,33,38)(H,34,39)(H,36,37). The number of alkyl carbamates (subject to hydrolysis) is 1. The molecule has 40 heavy (non-hydrogen) atoms. The van der Waals surface area contributed by atoms with Crippen molar-refractivity contribution in [3.63, 3.8) is 0 Å². The number of hydrogen-bond donors (Lipinski definition) is 3. The Kier molecular flexibility index (Phi) is 9.22. The third-order valence-electron chi connectivity index (χ3n) is 7.11. The van der Waals surface area contributed by atoms with Gasteiger partial charge in [0.05, 0.1) is 6.42 Å². The van der Waals surface area contributed by atoms with E-state index in [1.807, 2.05) is 66.5 Å². The van der Waals surface area contributed by atoms with Crippen LogP contribution in [0.25, 0.3) is 11.1 Å². The van der Waals surface area contributed by atoms with Crippen molar-refractivity contribution in [2.75, 3.05) is 26.7 Å². The molecule has 1 aliphatic rings. The molecule has 0 fully saturated rings. The van der Waals surface area contributed by atoms with Gasteiger partial charge in [-0.1, -0.05) is 92.7 Å². The van der Waals surface area contributed by atoms with E-state index >= 15 is 0 Å². The van der Waals surface area contributed by atoms with E-state index in [1.54, 1.807) is 13.8 Å². The van der Waals surface area contributed by atoms with Gasteiger partial charge in [0.1, 0.15) is 12.6 Å². The quantitative estimate of drug-likeness (QED) is 0.307. The first-order valence-corrected chi connectivity index (χ1v) is 13.5. The maximum absolute atomic E-state index is 13.2. The van der Waals surface area contributed by atoms with E-state index in [0.29, 0.717) is 6.54 Å². The molecule has 0 saturated carbocycles. The molecule has 1 unspecified atom stereocenters. The van der Waals surface area contributed by atoms with E-state index in [2.05, 4.69) is 34.9 Å². The van der Waals surface area contributed by atoms with Gasteiger partial charge in [0.2, 0.25) is 5.91 Å². The molecule has 0 bridgehead atoms. The molecule has 8 nitrogen and oxygen atoms in total. The number of aliphatic carboxylic acids is 1. The summed E-state index contributed by atoms with van der Waals surface area (Å²) in [4.78, 5) is 39.4. The number of amides is 2. The summed E-state index contributed by atoms with van der Waals surface area (Å²) >= 11 is 0. The lowest BCUT2D eigenvalue weighted by atomic mass is 9.89. The van der Waals surface area contributed by atoms with Crippen LogP contribution in [0.5, 0.6) is 0 Å². The highest BCUT2D eigenvalue weighted by Gasteiger charge is 2.31. The highest BCUT2D eigenvalue weighted by molar-refractivity contribution is 5.86. The number of carbonyl (C=O) groups excluding carboxylic acids is 2. The van der Waals surface area contributed by atoms with E-state index in [0.717, 1.165) is 27.8 Å². The van der Waals surface area contributed by atoms with Crippen LogP contribution in [-0.2, 0) is 20.9 Å². The number of carboxylic acid groups (broad SMARTS) is 1. The zero-order valence-corrected chi connectivity index (χ0v) is 23.2. The number of ether oxygens (including phenoxy) is 1. The molecule has 0 aliphatic heterocycles. The van der Waals surface area contributed by atoms with Crippen molar-refractivity contribution in [1.82, 2.24) is 15.5 Å². The number of fused-ring (bicyclic) bond motifs is 3. The van der Waals surface area contributed by atoms with Crippen LogP contribution in [0.1, 0.15) is 42.9 Å². The molecular weight excluding hydrogens is 506 g/mol. The maximum atomic E-state index is 13.2. The summed E-state index contributed by atoms with van der Waals surface area (Å²) < 4.78 is 5.69. The predicted molar refractivity (Wildman–Crippen MR) is 154 cm³/mol. The molecule has 0 radical (unpaired) electrons. The second kappa shape index (κ2) is 12.8. The van der Waals surface area contributed by atoms with Gasteiger partial charge >= 0.3 is 12.1 Å². The molecule has 4 rings (SSSR count). The third-order valence-corrected chi connectivity index (χ3v) is 7.11. The largest absolute Gasteiger partial charge is 0.481 e. The maximum Gasteiger partial charge on any atom is 0.407 e. The van der Waals surface area contributed by atoms with Crippen LogP contribution in [0.4, 0.5) is 4.79 Å². The fourth-order valence-electron chi connectivity index (χ4n) is 5.17. The number of nitrogens with zero attached hydrogens (tertiary/aromatic N) is 1. The van der Waals surface area contributed by atoms with Crippen LogP contribution in [0.3, 0.4) is 0 Å². The van der Waals surface area contributed by atoms with Crippen LogP contribution in [0.2, 0.25) is 0 Å². The van der Waals surface area contributed by atoms with Crippen LogP contribution in [-0.4, -0.2) is 60.8 Å². The zero-order valence-electron chi connectivity index (χ0n) is 23.2. The van der Waals surface area contributed by atoms with Crippen molar-refractivity contribution in [2.45, 2.75) is 38.8 Å². The Bertz CT molecular complexity index is 1300. The van der Waals surface area contributed by atoms with Gasteiger partial charge in [-0.05, 0) is 40.3 Å². The number of rotatable bonds is 12. The number of nitrogens with one attached hydrogen (secondary N) is 2. The smallest absolute Gasteiger partial charge is 0.407 e. The average molecular weight is 544 g/mol. The van der Waals surface area contributed by atoms with E-state index in [-0.39, 0.29) is 32.0 Å². The molecule has 8 heteroatoms. The lowest BCUT2D eigenvalue weighted by molar-refractivity contribution is -0.139. The van der Waals surface area contributed by atoms with Gasteiger partial charge in [0.25, 0.3) is 0 Å². The first-order chi connectivity index (χ1) is 19.1. The minimum absolute atomic E-state index is 0.0916. The summed E-state index contributed by atoms with van der Waals surface area (Å²) in [5.74, 6) is -1.43. The molecule has 0 aromatic heterocycles. The molecular formula is C32H37N3O5. The van der Waals surface area contributed by atoms with Gasteiger partial charge in [0, 0.05) is 25.6 Å². The molecule has 1 aliphatic carbocycles. The van der Waals surface area contributed by atoms with Crippen LogP contribution in [0.15, 0.2) is 78.9 Å². The molecule has 3 aromatic carbocycles. The highest BCUT2D eigenvalue weighted by Crippen LogP contribution is 2.44. The summed E-state index contributed by atoms with van der Waals surface area (Å²) in [6.45, 7) is 4.67. The number of likely N-dealkylation sites (N-methyl/N-ethyl adjacent to an activating group) is 1. The summed E-state index contributed by atoms with van der Waals surface area (Å²) in [5.41, 5.74) is 4.91. The molecule has 0 spiro atoms. The van der Waals surface area contributed by atoms with Crippen LogP contribution < -0.4 is 10.6 Å². The van der Waals surface area contributed by atoms with Gasteiger partial charge in [0.15, 0.2) is 0 Å². The third kappa shape index (κ3) is 7.48. The Morgan fingerprint density at radius 2 is 1.50 bits per heavy atom. The van der Waals surface area contributed by atoms with Crippen molar-refractivity contribution >= 4 is 18.0 Å². The van der Waals surface area contributed by atoms with Crippen molar-refractivity contribution in [3.05, 3.63) is 95.6 Å². The first-order valence-electron chi connectivity index (χ1n) is 13.5. The minimum atomic E-state index is -0.935. The van der Waals surface area contributed by atoms with Crippen molar-refractivity contribution in [1.29, 1.82) is 0 Å². The highest BCUT2D eigenvalue weighted by atomic mass is 16.5. The minimum Gasteiger partial charge on any atom is -0.481 e. The Balaban J connectivity index is 1.42. The average Bonchev–Trinajstić information content (AvgIpc) is 3.24. The van der Waals surface area contributed by atoms with Crippen LogP contribution in [0, 0.1) is 5.41 Å². The predicted octanol–water partition coefficient (Wildman–Crippen LogP) is 4.64. The monoisotopic (exact) mass is 543 g/mol. The molecule has 210 valence electrons. The topological polar surface area (TPSA) is 108 Å². The number of hydrogen-bond acceptors (Lipinski definition) is 5. The summed E-state index contributed by atoms with van der Waals surface area (Å²) in [7, 11) is 1.88. The number of carboxylic acids is 1. The van der Waals surface area contributed by atoms with Crippen molar-refractivity contribution in [3.8, 4) is 11.1 Å². The fourth-order valence-corrected chi connectivity index (χ4v) is 5.17. The molecule has 0 saturated heterocycles. The zero-order chi connectivity index (χ0) is 28.7. The Hall–Kier alpha value is -4.17. The van der Waals surface area contributed by atoms with Crippen molar-refractivity contribution < 1.29 is 24.2 Å². The van der Waals surface area contributed by atoms with E-state index in [9.17, 15) is 19.5 Å². The molecule has 3 N–H and O–H groups in total. The fraction of sp³-hybridized carbons (Fsp3) is 0.344. The Morgan fingerprint density at radius 1 is 0.925 bits per heavy atom. The second-order valence-corrected chi connectivity index (χ2v) is 11.2. The van der Waals surface area contributed by atoms with Crippen molar-refractivity contribution in [2.24, 2.45) is 5.41 Å². The molecule has 1 atom stereocenters. The summed E-state index contributed by atoms with van der Waals surface area (Å²) in [5, 5.41) is 14.8. The Labute approximate surface area is 235 Å².